The molecule has 0 bridgehead atoms. The van der Waals surface area contributed by atoms with Gasteiger partial charge in [-0.25, -0.2) is 0 Å². The Kier molecular flexibility index (Phi) is 2.53. The molecule has 0 saturated carbocycles. The average Bonchev–Trinajstić information content (AvgIpc) is 4.07. The molecule has 0 aliphatic rings. The number of furan rings is 2. The lowest BCUT2D eigenvalue weighted by molar-refractivity contribution is 0.667. The molecule has 10 aromatic rings. The lowest BCUT2D eigenvalue weighted by Crippen LogP contribution is -2.10. The first-order chi connectivity index (χ1) is 36.4. The zero-order valence-corrected chi connectivity index (χ0v) is 24.3. The second-order valence-corrected chi connectivity index (χ2v) is 10.3. The predicted octanol–water partition coefficient (Wildman–Crippen LogP) is 13.4. The van der Waals surface area contributed by atoms with E-state index >= 15 is 0 Å². The molecule has 10 rings (SSSR count). The van der Waals surface area contributed by atoms with Gasteiger partial charge in [-0.15, -0.1) is 0 Å². The summed E-state index contributed by atoms with van der Waals surface area (Å²) in [6, 6.07) is -28.4. The summed E-state index contributed by atoms with van der Waals surface area (Å²) in [6.07, 6.45) is 0. The molecule has 0 atom stereocenters. The van der Waals surface area contributed by atoms with Crippen molar-refractivity contribution in [3.63, 3.8) is 0 Å². The Labute approximate surface area is 323 Å². The summed E-state index contributed by atoms with van der Waals surface area (Å²) in [6.45, 7) is 0. The monoisotopic (exact) mass is 656 g/mol. The van der Waals surface area contributed by atoms with Crippen LogP contribution in [0.25, 0.3) is 76.9 Å². The van der Waals surface area contributed by atoms with E-state index in [1.54, 1.807) is 0 Å². The van der Waals surface area contributed by atoms with E-state index in [4.69, 9.17) is 34.9 Å². The fourth-order valence-electron chi connectivity index (χ4n) is 5.53. The fourth-order valence-corrected chi connectivity index (χ4v) is 5.53. The first kappa shape index (κ1) is 11.3. The highest BCUT2D eigenvalue weighted by Gasteiger charge is 2.24. The summed E-state index contributed by atoms with van der Waals surface area (Å²) in [5.74, 6) is 0. The number of para-hydroxylation sites is 3. The lowest BCUT2D eigenvalue weighted by atomic mass is 9.95. The maximum Gasteiger partial charge on any atom is 0.159 e. The Morgan fingerprint density at radius 1 is 0.367 bits per heavy atom. The largest absolute Gasteiger partial charge is 0.454 e. The molecule has 3 nitrogen and oxygen atoms in total. The van der Waals surface area contributed by atoms with Crippen molar-refractivity contribution >= 4 is 71.7 Å². The van der Waals surface area contributed by atoms with Crippen LogP contribution in [0.4, 0.5) is 17.1 Å². The second-order valence-electron chi connectivity index (χ2n) is 10.3. The molecular weight excluding hydrogens is 599 g/mol. The third-order valence-corrected chi connectivity index (χ3v) is 7.61. The van der Waals surface area contributed by atoms with Crippen molar-refractivity contribution in [2.75, 3.05) is 4.90 Å². The number of benzene rings is 8. The van der Waals surface area contributed by atoms with Gasteiger partial charge in [-0.1, -0.05) is 139 Å². The zero-order valence-electron chi connectivity index (χ0n) is 53.3. The van der Waals surface area contributed by atoms with E-state index in [0.717, 1.165) is 0 Å². The van der Waals surface area contributed by atoms with Gasteiger partial charge < -0.3 is 13.7 Å². The van der Waals surface area contributed by atoms with Gasteiger partial charge in [0.25, 0.3) is 0 Å². The average molecular weight is 657 g/mol. The first-order valence-corrected chi connectivity index (χ1v) is 14.2. The van der Waals surface area contributed by atoms with Crippen LogP contribution in [0.3, 0.4) is 0 Å². The van der Waals surface area contributed by atoms with Gasteiger partial charge in [-0.3, -0.25) is 0 Å². The minimum absolute atomic E-state index is 0.496. The molecule has 3 heteroatoms. The smallest absolute Gasteiger partial charge is 0.159 e. The number of hydrogen-bond donors (Lipinski definition) is 0. The standard InChI is InChI=1S/C46H29NO2/c1-3-13-30(14-4-1)31-25-27-33(28-26-31)47(41-22-11-20-37-35-18-9-10-24-43(35)48-45(37)41)42-23-12-21-38-40-29-39(32-15-5-2-6-16-32)34-17-7-8-19-36(34)44(40)49-46(38)42/h1-29H/i1D,2D,3D,4D,5D,6D,7D,8D,9D,10D,11D,12D,13D,14D,15D,16D,17D,18D,19D,20D,21D,22D,23D,24D,25D,26D,27D,28D,29D. The Balaban J connectivity index is 1.50. The fraction of sp³-hybridized carbons (Fsp3) is 0. The van der Waals surface area contributed by atoms with Crippen molar-refractivity contribution in [1.82, 2.24) is 0 Å². The van der Waals surface area contributed by atoms with E-state index in [2.05, 4.69) is 0 Å². The minimum atomic E-state index is -1.22. The van der Waals surface area contributed by atoms with Gasteiger partial charge in [0.1, 0.15) is 11.2 Å². The van der Waals surface area contributed by atoms with Crippen molar-refractivity contribution < 1.29 is 48.6 Å². The van der Waals surface area contributed by atoms with E-state index < -0.39 is 269 Å². The highest BCUT2D eigenvalue weighted by molar-refractivity contribution is 6.21. The maximum atomic E-state index is 9.81. The molecule has 8 aromatic carbocycles. The molecule has 0 aliphatic heterocycles. The second kappa shape index (κ2) is 11.0. The van der Waals surface area contributed by atoms with Gasteiger partial charge in [-0.2, -0.15) is 0 Å². The van der Waals surface area contributed by atoms with E-state index in [1.165, 1.54) is 0 Å². The number of hydrogen-bond acceptors (Lipinski definition) is 3. The predicted molar refractivity (Wildman–Crippen MR) is 204 cm³/mol. The molecule has 49 heavy (non-hydrogen) atoms. The summed E-state index contributed by atoms with van der Waals surface area (Å²) in [4.78, 5) is 0.496. The van der Waals surface area contributed by atoms with Crippen LogP contribution < -0.4 is 4.90 Å². The van der Waals surface area contributed by atoms with Crippen molar-refractivity contribution in [3.8, 4) is 22.3 Å². The molecule has 0 fully saturated rings. The highest BCUT2D eigenvalue weighted by atomic mass is 16.3. The number of nitrogens with zero attached hydrogens (tertiary/aromatic N) is 1. The van der Waals surface area contributed by atoms with Crippen LogP contribution in [0.2, 0.25) is 0 Å². The Hall–Kier alpha value is -6.58. The van der Waals surface area contributed by atoms with Gasteiger partial charge in [0, 0.05) is 32.6 Å². The van der Waals surface area contributed by atoms with Crippen LogP contribution in [0.5, 0.6) is 0 Å². The quantitative estimate of drug-likeness (QED) is 0.185. The van der Waals surface area contributed by atoms with Crippen molar-refractivity contribution in [3.05, 3.63) is 175 Å². The summed E-state index contributed by atoms with van der Waals surface area (Å²) >= 11 is 0. The Morgan fingerprint density at radius 3 is 1.59 bits per heavy atom. The van der Waals surface area contributed by atoms with Crippen LogP contribution >= 0.6 is 0 Å². The SMILES string of the molecule is [2H]c1c([2H])c([2H])c(-c2c([2H])c([2H])c(N(c3c([2H])c([2H])c([2H])c4c3oc3c([2H])c([2H])c([2H])c([2H])c34)c3c([2H])c([2H])c([2H])c4c3oc3c5c([2H])c([2H])c([2H])c([2H])c5c(-c5c([2H])c([2H])c([2H])c([2H])c5[2H])c([2H])c34)c([2H])c2[2H])c([2H])c1[2H]. The molecule has 0 amide bonds. The van der Waals surface area contributed by atoms with E-state index in [9.17, 15) is 13.7 Å². The van der Waals surface area contributed by atoms with Gasteiger partial charge in [0.2, 0.25) is 0 Å². The molecule has 2 aromatic heterocycles. The highest BCUT2D eigenvalue weighted by Crippen LogP contribution is 2.47. The van der Waals surface area contributed by atoms with Crippen LogP contribution in [0, 0.1) is 0 Å². The molecule has 0 saturated heterocycles. The van der Waals surface area contributed by atoms with Crippen LogP contribution in [-0.2, 0) is 0 Å². The van der Waals surface area contributed by atoms with E-state index in [1.807, 2.05) is 0 Å². The third-order valence-electron chi connectivity index (χ3n) is 7.61. The first-order valence-electron chi connectivity index (χ1n) is 28.7. The molecule has 0 N–H and O–H groups in total. The van der Waals surface area contributed by atoms with Gasteiger partial charge >= 0.3 is 0 Å². The van der Waals surface area contributed by atoms with Crippen molar-refractivity contribution in [1.29, 1.82) is 0 Å². The lowest BCUT2D eigenvalue weighted by Gasteiger charge is -2.25. The molecule has 0 aliphatic carbocycles. The van der Waals surface area contributed by atoms with Gasteiger partial charge in [-0.05, 0) is 63.9 Å². The van der Waals surface area contributed by atoms with Gasteiger partial charge in [0.15, 0.2) is 11.2 Å². The molecule has 230 valence electrons. The number of rotatable bonds is 5. The molecule has 2 heterocycles. The van der Waals surface area contributed by atoms with Crippen LogP contribution in [0.15, 0.2) is 184 Å². The summed E-state index contributed by atoms with van der Waals surface area (Å²) in [5.41, 5.74) is -9.30. The summed E-state index contributed by atoms with van der Waals surface area (Å²) in [7, 11) is 0. The number of fused-ring (bicyclic) bond motifs is 8. The maximum absolute atomic E-state index is 9.81. The minimum Gasteiger partial charge on any atom is -0.454 e. The zero-order chi connectivity index (χ0) is 57.5. The molecule has 0 spiro atoms. The number of anilines is 3. The Morgan fingerprint density at radius 2 is 0.878 bits per heavy atom. The normalized spacial score (nSPS) is 20.0. The molecule has 0 unspecified atom stereocenters. The molecular formula is C46H29NO2. The third kappa shape index (κ3) is 4.37. The van der Waals surface area contributed by atoms with E-state index in [-0.39, 0.29) is 0 Å². The Bertz CT molecular complexity index is 4420. The van der Waals surface area contributed by atoms with Crippen LogP contribution in [-0.4, -0.2) is 0 Å². The topological polar surface area (TPSA) is 29.5 Å². The van der Waals surface area contributed by atoms with Crippen molar-refractivity contribution in [2.24, 2.45) is 0 Å². The van der Waals surface area contributed by atoms with Crippen LogP contribution in [0.1, 0.15) is 39.8 Å². The van der Waals surface area contributed by atoms with Gasteiger partial charge in [0.05, 0.1) is 51.1 Å². The summed E-state index contributed by atoms with van der Waals surface area (Å²) in [5, 5.41) is -3.83. The summed E-state index contributed by atoms with van der Waals surface area (Å²) < 4.78 is 272. The van der Waals surface area contributed by atoms with Crippen molar-refractivity contribution in [2.45, 2.75) is 0 Å². The van der Waals surface area contributed by atoms with E-state index in [0.29, 0.717) is 4.90 Å². The molecule has 0 radical (unpaired) electrons.